The maximum atomic E-state index is 5.12. The highest BCUT2D eigenvalue weighted by Gasteiger charge is 2.23. The summed E-state index contributed by atoms with van der Waals surface area (Å²) in [7, 11) is 1.75. The highest BCUT2D eigenvalue weighted by Crippen LogP contribution is 2.08. The van der Waals surface area contributed by atoms with Gasteiger partial charge in [-0.15, -0.1) is 0 Å². The zero-order chi connectivity index (χ0) is 8.27. The third-order valence-corrected chi connectivity index (χ3v) is 2.29. The molecule has 66 valence electrons. The molecule has 1 N–H and O–H groups in total. The molecule has 0 saturated carbocycles. The van der Waals surface area contributed by atoms with Crippen LogP contribution in [0.25, 0.3) is 0 Å². The highest BCUT2D eigenvalue weighted by molar-refractivity contribution is 4.80. The van der Waals surface area contributed by atoms with Crippen molar-refractivity contribution in [2.45, 2.75) is 25.9 Å². The van der Waals surface area contributed by atoms with Crippen molar-refractivity contribution < 1.29 is 4.74 Å². The average Bonchev–Trinajstić information content (AvgIpc) is 1.97. The molecule has 1 heterocycles. The molecular formula is C8H18N2O. The summed E-state index contributed by atoms with van der Waals surface area (Å²) in [5.41, 5.74) is 0. The topological polar surface area (TPSA) is 24.5 Å². The van der Waals surface area contributed by atoms with E-state index >= 15 is 0 Å². The van der Waals surface area contributed by atoms with Crippen LogP contribution in [0.2, 0.25) is 0 Å². The van der Waals surface area contributed by atoms with Crippen LogP contribution in [0.5, 0.6) is 0 Å². The zero-order valence-electron chi connectivity index (χ0n) is 7.63. The second-order valence-corrected chi connectivity index (χ2v) is 3.29. The predicted octanol–water partition coefficient (Wildman–Crippen LogP) is 0.273. The quantitative estimate of drug-likeness (QED) is 0.624. The van der Waals surface area contributed by atoms with Gasteiger partial charge in [0.05, 0.1) is 6.73 Å². The standard InChI is InChI=1S/C8H18N2O/c1-7-4-9-5-8(2)10(7)6-11-3/h7-9H,4-6H2,1-3H3. The summed E-state index contributed by atoms with van der Waals surface area (Å²) in [6.45, 7) is 7.36. The number of methoxy groups -OCH3 is 1. The van der Waals surface area contributed by atoms with E-state index in [2.05, 4.69) is 24.1 Å². The first-order valence-electron chi connectivity index (χ1n) is 4.21. The van der Waals surface area contributed by atoms with Crippen LogP contribution in [0.3, 0.4) is 0 Å². The maximum absolute atomic E-state index is 5.12. The Bertz CT molecular complexity index is 109. The molecule has 3 nitrogen and oxygen atoms in total. The fourth-order valence-corrected chi connectivity index (χ4v) is 1.57. The predicted molar refractivity (Wildman–Crippen MR) is 45.5 cm³/mol. The molecule has 1 fully saturated rings. The van der Waals surface area contributed by atoms with Crippen LogP contribution in [0.1, 0.15) is 13.8 Å². The van der Waals surface area contributed by atoms with Gasteiger partial charge in [-0.3, -0.25) is 4.90 Å². The van der Waals surface area contributed by atoms with Gasteiger partial charge in [0.15, 0.2) is 0 Å². The van der Waals surface area contributed by atoms with Gasteiger partial charge >= 0.3 is 0 Å². The number of hydrogen-bond donors (Lipinski definition) is 1. The van der Waals surface area contributed by atoms with E-state index in [4.69, 9.17) is 4.74 Å². The van der Waals surface area contributed by atoms with Gasteiger partial charge in [-0.2, -0.15) is 0 Å². The Morgan fingerprint density at radius 2 is 1.91 bits per heavy atom. The molecule has 0 radical (unpaired) electrons. The van der Waals surface area contributed by atoms with E-state index in [0.717, 1.165) is 19.8 Å². The van der Waals surface area contributed by atoms with Gasteiger partial charge in [-0.05, 0) is 13.8 Å². The van der Waals surface area contributed by atoms with Crippen LogP contribution in [0, 0.1) is 0 Å². The lowest BCUT2D eigenvalue weighted by molar-refractivity contribution is -0.00221. The molecule has 1 rings (SSSR count). The average molecular weight is 158 g/mol. The molecule has 0 amide bonds. The number of piperazine rings is 1. The first kappa shape index (κ1) is 8.97. The van der Waals surface area contributed by atoms with Crippen molar-refractivity contribution in [1.29, 1.82) is 0 Å². The number of nitrogens with zero attached hydrogens (tertiary/aromatic N) is 1. The largest absolute Gasteiger partial charge is 0.369 e. The number of rotatable bonds is 2. The number of hydrogen-bond acceptors (Lipinski definition) is 3. The van der Waals surface area contributed by atoms with E-state index in [0.29, 0.717) is 12.1 Å². The smallest absolute Gasteiger partial charge is 0.0991 e. The molecule has 3 heteroatoms. The van der Waals surface area contributed by atoms with Gasteiger partial charge < -0.3 is 10.1 Å². The molecular weight excluding hydrogens is 140 g/mol. The summed E-state index contributed by atoms with van der Waals surface area (Å²) in [5.74, 6) is 0. The van der Waals surface area contributed by atoms with Gasteiger partial charge in [0.1, 0.15) is 0 Å². The second-order valence-electron chi connectivity index (χ2n) is 3.29. The van der Waals surface area contributed by atoms with Crippen LogP contribution in [0.15, 0.2) is 0 Å². The Hall–Kier alpha value is -0.120. The van der Waals surface area contributed by atoms with Gasteiger partial charge in [0, 0.05) is 32.3 Å². The fourth-order valence-electron chi connectivity index (χ4n) is 1.57. The number of nitrogens with one attached hydrogen (secondary N) is 1. The molecule has 11 heavy (non-hydrogen) atoms. The molecule has 1 saturated heterocycles. The van der Waals surface area contributed by atoms with Crippen molar-refractivity contribution in [3.05, 3.63) is 0 Å². The minimum atomic E-state index is 0.596. The SMILES string of the molecule is COCN1C(C)CNCC1C. The van der Waals surface area contributed by atoms with E-state index in [-0.39, 0.29) is 0 Å². The lowest BCUT2D eigenvalue weighted by Gasteiger charge is -2.38. The molecule has 0 aromatic rings. The van der Waals surface area contributed by atoms with Crippen LogP contribution >= 0.6 is 0 Å². The van der Waals surface area contributed by atoms with Crippen molar-refractivity contribution in [1.82, 2.24) is 10.2 Å². The molecule has 0 aromatic carbocycles. The third-order valence-electron chi connectivity index (χ3n) is 2.29. The summed E-state index contributed by atoms with van der Waals surface area (Å²) in [4.78, 5) is 2.37. The first-order valence-corrected chi connectivity index (χ1v) is 4.21. The van der Waals surface area contributed by atoms with E-state index in [1.165, 1.54) is 0 Å². The maximum Gasteiger partial charge on any atom is 0.0991 e. The highest BCUT2D eigenvalue weighted by atomic mass is 16.5. The summed E-state index contributed by atoms with van der Waals surface area (Å²) < 4.78 is 5.12. The Morgan fingerprint density at radius 3 is 2.36 bits per heavy atom. The van der Waals surface area contributed by atoms with Crippen molar-refractivity contribution in [2.75, 3.05) is 26.9 Å². The molecule has 0 spiro atoms. The van der Waals surface area contributed by atoms with E-state index in [9.17, 15) is 0 Å². The van der Waals surface area contributed by atoms with E-state index in [1.54, 1.807) is 7.11 Å². The molecule has 1 aliphatic rings. The Kier molecular flexibility index (Phi) is 3.30. The second kappa shape index (κ2) is 4.04. The summed E-state index contributed by atoms with van der Waals surface area (Å²) >= 11 is 0. The van der Waals surface area contributed by atoms with Gasteiger partial charge in [0.2, 0.25) is 0 Å². The minimum Gasteiger partial charge on any atom is -0.369 e. The molecule has 0 aromatic heterocycles. The first-order chi connectivity index (χ1) is 5.25. The van der Waals surface area contributed by atoms with Gasteiger partial charge in [-0.25, -0.2) is 0 Å². The Morgan fingerprint density at radius 1 is 1.36 bits per heavy atom. The zero-order valence-corrected chi connectivity index (χ0v) is 7.63. The van der Waals surface area contributed by atoms with Crippen LogP contribution < -0.4 is 5.32 Å². The lowest BCUT2D eigenvalue weighted by atomic mass is 10.1. The Balaban J connectivity index is 2.41. The van der Waals surface area contributed by atoms with Crippen molar-refractivity contribution in [3.8, 4) is 0 Å². The van der Waals surface area contributed by atoms with Crippen molar-refractivity contribution >= 4 is 0 Å². The fraction of sp³-hybridized carbons (Fsp3) is 1.00. The summed E-state index contributed by atoms with van der Waals surface area (Å²) in [6, 6.07) is 1.19. The van der Waals surface area contributed by atoms with Crippen LogP contribution in [-0.2, 0) is 4.74 Å². The molecule has 0 bridgehead atoms. The van der Waals surface area contributed by atoms with E-state index < -0.39 is 0 Å². The minimum absolute atomic E-state index is 0.596. The molecule has 2 atom stereocenters. The lowest BCUT2D eigenvalue weighted by Crippen LogP contribution is -2.55. The van der Waals surface area contributed by atoms with E-state index in [1.807, 2.05) is 0 Å². The Labute approximate surface area is 68.7 Å². The van der Waals surface area contributed by atoms with Gasteiger partial charge in [-0.1, -0.05) is 0 Å². The number of ether oxygens (including phenoxy) is 1. The molecule has 2 unspecified atom stereocenters. The molecule has 0 aliphatic carbocycles. The summed E-state index contributed by atoms with van der Waals surface area (Å²) in [6.07, 6.45) is 0. The van der Waals surface area contributed by atoms with Crippen LogP contribution in [-0.4, -0.2) is 43.9 Å². The van der Waals surface area contributed by atoms with Crippen molar-refractivity contribution in [3.63, 3.8) is 0 Å². The third kappa shape index (κ3) is 2.15. The normalized spacial score (nSPS) is 34.1. The summed E-state index contributed by atoms with van der Waals surface area (Å²) in [5, 5.41) is 3.38. The molecule has 1 aliphatic heterocycles. The van der Waals surface area contributed by atoms with Crippen molar-refractivity contribution in [2.24, 2.45) is 0 Å². The van der Waals surface area contributed by atoms with Crippen LogP contribution in [0.4, 0.5) is 0 Å². The monoisotopic (exact) mass is 158 g/mol. The van der Waals surface area contributed by atoms with Gasteiger partial charge in [0.25, 0.3) is 0 Å².